The lowest BCUT2D eigenvalue weighted by atomic mass is 9.69. The van der Waals surface area contributed by atoms with Crippen LogP contribution in [0.25, 0.3) is 0 Å². The Kier molecular flexibility index (Phi) is 12.5. The van der Waals surface area contributed by atoms with Crippen molar-refractivity contribution in [1.29, 1.82) is 5.26 Å². The number of carbonyl (C=O) groups excluding carboxylic acids is 1. The zero-order valence-corrected chi connectivity index (χ0v) is 27.0. The number of nitriles is 1. The molecule has 0 aliphatic carbocycles. The van der Waals surface area contributed by atoms with E-state index in [1.807, 2.05) is 52.8 Å². The molecule has 2 rings (SSSR count). The van der Waals surface area contributed by atoms with E-state index in [1.165, 1.54) is 0 Å². The molecule has 9 nitrogen and oxygen atoms in total. The fourth-order valence-electron chi connectivity index (χ4n) is 4.94. The highest BCUT2D eigenvalue weighted by Gasteiger charge is 2.38. The first-order valence-corrected chi connectivity index (χ1v) is 14.3. The van der Waals surface area contributed by atoms with Crippen LogP contribution in [0.3, 0.4) is 0 Å². The number of benzene rings is 2. The Hall–Kier alpha value is -3.48. The number of aliphatic hydroxyl groups excluding tert-OH is 1. The maximum Gasteiger partial charge on any atom is 0.254 e. The van der Waals surface area contributed by atoms with Crippen molar-refractivity contribution >= 4 is 5.91 Å². The van der Waals surface area contributed by atoms with E-state index in [4.69, 9.17) is 18.9 Å². The lowest BCUT2D eigenvalue weighted by Crippen LogP contribution is -2.43. The Balaban J connectivity index is 2.12. The smallest absolute Gasteiger partial charge is 0.254 e. The van der Waals surface area contributed by atoms with E-state index < -0.39 is 11.5 Å². The van der Waals surface area contributed by atoms with Crippen molar-refractivity contribution in [3.63, 3.8) is 0 Å². The molecule has 2 aromatic rings. The van der Waals surface area contributed by atoms with Gasteiger partial charge in [-0.1, -0.05) is 19.9 Å². The van der Waals surface area contributed by atoms with Crippen molar-refractivity contribution in [2.75, 3.05) is 48.6 Å². The van der Waals surface area contributed by atoms with Crippen LogP contribution in [0.15, 0.2) is 30.3 Å². The van der Waals surface area contributed by atoms with Gasteiger partial charge in [0.1, 0.15) is 0 Å². The van der Waals surface area contributed by atoms with Crippen molar-refractivity contribution in [1.82, 2.24) is 10.2 Å². The Morgan fingerprint density at radius 2 is 1.52 bits per heavy atom. The summed E-state index contributed by atoms with van der Waals surface area (Å²) in [6.07, 6.45) is 0.626. The number of nitrogens with zero attached hydrogens (tertiary/aromatic N) is 2. The molecule has 0 bridgehead atoms. The summed E-state index contributed by atoms with van der Waals surface area (Å²) in [5.41, 5.74) is 0.959. The van der Waals surface area contributed by atoms with Crippen LogP contribution < -0.4 is 24.3 Å². The second-order valence-corrected chi connectivity index (χ2v) is 11.9. The summed E-state index contributed by atoms with van der Waals surface area (Å²) in [5, 5.41) is 24.7. The number of ether oxygens (including phenoxy) is 4. The van der Waals surface area contributed by atoms with Crippen LogP contribution in [-0.2, 0) is 11.8 Å². The molecule has 0 saturated heterocycles. The zero-order chi connectivity index (χ0) is 31.7. The van der Waals surface area contributed by atoms with Gasteiger partial charge in [-0.25, -0.2) is 0 Å². The normalized spacial score (nSPS) is 13.6. The van der Waals surface area contributed by atoms with Crippen LogP contribution in [-0.4, -0.2) is 76.1 Å². The van der Waals surface area contributed by atoms with Gasteiger partial charge >= 0.3 is 0 Å². The fraction of sp³-hybridized carbons (Fsp3) is 0.576. The molecule has 9 heteroatoms. The van der Waals surface area contributed by atoms with Gasteiger partial charge in [-0.15, -0.1) is 0 Å². The average Bonchev–Trinajstić information content (AvgIpc) is 2.97. The summed E-state index contributed by atoms with van der Waals surface area (Å²) in [6, 6.07) is 11.6. The third kappa shape index (κ3) is 8.08. The molecule has 0 fully saturated rings. The van der Waals surface area contributed by atoms with Gasteiger partial charge in [-0.3, -0.25) is 4.79 Å². The molecule has 2 unspecified atom stereocenters. The summed E-state index contributed by atoms with van der Waals surface area (Å²) in [6.45, 7) is 11.1. The number of methoxy groups -OCH3 is 4. The van der Waals surface area contributed by atoms with Crippen LogP contribution in [0.5, 0.6) is 23.0 Å². The standard InChI is InChI=1S/C33H49N3O6/c1-22(2)33(21-34,24-11-12-27(39-7)29(18-24)41-9)20-25(37)14-16-35-15-13-23-17-28(40-8)30(42-10)19-26(23)31(38)36(6)32(3,4)5/h11-12,17-19,22,25,35,37H,13-16,20H2,1-10H3. The third-order valence-corrected chi connectivity index (χ3v) is 8.02. The summed E-state index contributed by atoms with van der Waals surface area (Å²) in [5.74, 6) is 2.07. The molecule has 0 spiro atoms. The highest BCUT2D eigenvalue weighted by Crippen LogP contribution is 2.41. The molecule has 2 N–H and O–H groups in total. The number of hydrogen-bond donors (Lipinski definition) is 2. The minimum Gasteiger partial charge on any atom is -0.493 e. The molecule has 2 atom stereocenters. The first-order chi connectivity index (χ1) is 19.8. The van der Waals surface area contributed by atoms with Gasteiger partial charge in [0.15, 0.2) is 23.0 Å². The van der Waals surface area contributed by atoms with E-state index in [-0.39, 0.29) is 23.8 Å². The Labute approximate surface area is 251 Å². The quantitative estimate of drug-likeness (QED) is 0.282. The molecule has 0 aromatic heterocycles. The van der Waals surface area contributed by atoms with Crippen molar-refractivity contribution in [2.45, 2.75) is 70.9 Å². The monoisotopic (exact) mass is 583 g/mol. The molecule has 0 saturated carbocycles. The highest BCUT2D eigenvalue weighted by molar-refractivity contribution is 5.96. The highest BCUT2D eigenvalue weighted by atomic mass is 16.5. The minimum absolute atomic E-state index is 0.0459. The SMILES string of the molecule is COc1ccc(C(C#N)(CC(O)CCNCCc2cc(OC)c(OC)cc2C(=O)N(C)C(C)(C)C)C(C)C)cc1OC. The lowest BCUT2D eigenvalue weighted by Gasteiger charge is -2.33. The van der Waals surface area contributed by atoms with E-state index in [2.05, 4.69) is 11.4 Å². The van der Waals surface area contributed by atoms with Gasteiger partial charge in [-0.05, 0) is 94.4 Å². The van der Waals surface area contributed by atoms with E-state index in [1.54, 1.807) is 52.5 Å². The van der Waals surface area contributed by atoms with Gasteiger partial charge in [0.25, 0.3) is 5.91 Å². The summed E-state index contributed by atoms with van der Waals surface area (Å²) in [4.78, 5) is 15.1. The number of hydrogen-bond acceptors (Lipinski definition) is 8. The van der Waals surface area contributed by atoms with Crippen molar-refractivity contribution < 1.29 is 28.8 Å². The van der Waals surface area contributed by atoms with Crippen LogP contribution in [0.4, 0.5) is 0 Å². The van der Waals surface area contributed by atoms with Crippen LogP contribution in [0.2, 0.25) is 0 Å². The van der Waals surface area contributed by atoms with Crippen molar-refractivity contribution in [3.05, 3.63) is 47.0 Å². The molecule has 0 aliphatic heterocycles. The zero-order valence-electron chi connectivity index (χ0n) is 27.0. The molecule has 0 radical (unpaired) electrons. The summed E-state index contributed by atoms with van der Waals surface area (Å²) < 4.78 is 21.8. The predicted octanol–water partition coefficient (Wildman–Crippen LogP) is 4.98. The molecule has 1 amide bonds. The van der Waals surface area contributed by atoms with E-state index in [9.17, 15) is 15.2 Å². The molecule has 2 aromatic carbocycles. The number of carbonyl (C=O) groups is 1. The maximum absolute atomic E-state index is 13.4. The Bertz CT molecular complexity index is 1230. The molecule has 42 heavy (non-hydrogen) atoms. The van der Waals surface area contributed by atoms with Gasteiger partial charge in [0, 0.05) is 18.2 Å². The number of aliphatic hydroxyl groups is 1. The molecule has 0 heterocycles. The minimum atomic E-state index is -0.896. The van der Waals surface area contributed by atoms with Gasteiger partial charge in [0.05, 0.1) is 46.0 Å². The Morgan fingerprint density at radius 1 is 0.952 bits per heavy atom. The van der Waals surface area contributed by atoms with Gasteiger partial charge in [0.2, 0.25) is 0 Å². The predicted molar refractivity (Wildman–Crippen MR) is 165 cm³/mol. The average molecular weight is 584 g/mol. The van der Waals surface area contributed by atoms with Crippen LogP contribution >= 0.6 is 0 Å². The fourth-order valence-corrected chi connectivity index (χ4v) is 4.94. The second kappa shape index (κ2) is 15.1. The van der Waals surface area contributed by atoms with Gasteiger partial charge in [-0.2, -0.15) is 5.26 Å². The topological polar surface area (TPSA) is 113 Å². The van der Waals surface area contributed by atoms with Crippen LogP contribution in [0.1, 0.15) is 68.9 Å². The summed E-state index contributed by atoms with van der Waals surface area (Å²) in [7, 11) is 8.06. The van der Waals surface area contributed by atoms with Crippen LogP contribution in [0, 0.1) is 17.2 Å². The number of nitrogens with one attached hydrogen (secondary N) is 1. The third-order valence-electron chi connectivity index (χ3n) is 8.02. The largest absolute Gasteiger partial charge is 0.493 e. The number of rotatable bonds is 15. The molecule has 232 valence electrons. The maximum atomic E-state index is 13.4. The van der Waals surface area contributed by atoms with Crippen molar-refractivity contribution in [2.24, 2.45) is 5.92 Å². The summed E-state index contributed by atoms with van der Waals surface area (Å²) >= 11 is 0. The van der Waals surface area contributed by atoms with Gasteiger partial charge < -0.3 is 34.3 Å². The Morgan fingerprint density at radius 3 is 2.05 bits per heavy atom. The lowest BCUT2D eigenvalue weighted by molar-refractivity contribution is 0.0654. The first-order valence-electron chi connectivity index (χ1n) is 14.3. The molecular formula is C33H49N3O6. The molecule has 0 aliphatic rings. The van der Waals surface area contributed by atoms with E-state index in [0.29, 0.717) is 54.5 Å². The molecular weight excluding hydrogens is 534 g/mol. The van der Waals surface area contributed by atoms with E-state index in [0.717, 1.165) is 11.1 Å². The van der Waals surface area contributed by atoms with E-state index >= 15 is 0 Å². The second-order valence-electron chi connectivity index (χ2n) is 11.9. The van der Waals surface area contributed by atoms with Crippen molar-refractivity contribution in [3.8, 4) is 29.1 Å². The number of amides is 1. The first kappa shape index (κ1) is 34.7.